The predicted molar refractivity (Wildman–Crippen MR) is 108 cm³/mol. The lowest BCUT2D eigenvalue weighted by Crippen LogP contribution is -2.66. The number of fused-ring (bicyclic) bond motifs is 5. The molecule has 5 heteroatoms. The second kappa shape index (κ2) is 5.96. The van der Waals surface area contributed by atoms with Crippen LogP contribution in [0.5, 0.6) is 0 Å². The number of carbonyl (C=O) groups is 2. The van der Waals surface area contributed by atoms with E-state index in [0.29, 0.717) is 13.1 Å². The van der Waals surface area contributed by atoms with E-state index in [4.69, 9.17) is 0 Å². The smallest absolute Gasteiger partial charge is 0.255 e. The van der Waals surface area contributed by atoms with Crippen molar-refractivity contribution in [2.45, 2.75) is 32.4 Å². The average molecular weight is 373 g/mol. The van der Waals surface area contributed by atoms with Gasteiger partial charge in [0.25, 0.3) is 5.91 Å². The largest absolute Gasteiger partial charge is 0.356 e. The van der Waals surface area contributed by atoms with Gasteiger partial charge < -0.3 is 14.8 Å². The van der Waals surface area contributed by atoms with Crippen LogP contribution in [0.3, 0.4) is 0 Å². The molecular formula is C23H23N3O2. The molecule has 1 fully saturated rings. The molecule has 5 nitrogen and oxygen atoms in total. The molecule has 0 saturated carbocycles. The zero-order valence-corrected chi connectivity index (χ0v) is 16.2. The standard InChI is InChI=1S/C23H23N3O2/c1-15-7-9-16(10-8-15)13-25-14-20(27)26-12-11-18-17-5-3-4-6-19(17)24-21(18)23(26,2)22(25)28/h3-10,24H,11-14H2,1-2H3. The number of aryl methyl sites for hydroxylation is 1. The molecule has 2 aliphatic heterocycles. The van der Waals surface area contributed by atoms with Gasteiger partial charge in [-0.25, -0.2) is 0 Å². The van der Waals surface area contributed by atoms with E-state index < -0.39 is 5.54 Å². The number of hydrogen-bond acceptors (Lipinski definition) is 2. The quantitative estimate of drug-likeness (QED) is 0.750. The Labute approximate surface area is 163 Å². The van der Waals surface area contributed by atoms with E-state index in [1.54, 1.807) is 9.80 Å². The Bertz CT molecular complexity index is 1100. The van der Waals surface area contributed by atoms with Gasteiger partial charge in [-0.2, -0.15) is 0 Å². The Kier molecular flexibility index (Phi) is 3.63. The average Bonchev–Trinajstić information content (AvgIpc) is 3.08. The van der Waals surface area contributed by atoms with E-state index >= 15 is 0 Å². The summed E-state index contributed by atoms with van der Waals surface area (Å²) in [6, 6.07) is 16.2. The maximum atomic E-state index is 13.6. The summed E-state index contributed by atoms with van der Waals surface area (Å²) < 4.78 is 0. The van der Waals surface area contributed by atoms with Crippen molar-refractivity contribution in [3.8, 4) is 0 Å². The normalized spacial score (nSPS) is 21.8. The van der Waals surface area contributed by atoms with Crippen LogP contribution in [0.15, 0.2) is 48.5 Å². The Morgan fingerprint density at radius 3 is 2.61 bits per heavy atom. The molecule has 1 aromatic heterocycles. The summed E-state index contributed by atoms with van der Waals surface area (Å²) in [7, 11) is 0. The topological polar surface area (TPSA) is 56.4 Å². The van der Waals surface area contributed by atoms with Crippen LogP contribution >= 0.6 is 0 Å². The zero-order valence-electron chi connectivity index (χ0n) is 16.2. The highest BCUT2D eigenvalue weighted by atomic mass is 16.2. The third kappa shape index (κ3) is 2.32. The maximum absolute atomic E-state index is 13.6. The van der Waals surface area contributed by atoms with Crippen molar-refractivity contribution >= 4 is 22.7 Å². The minimum absolute atomic E-state index is 0.0125. The van der Waals surface area contributed by atoms with Gasteiger partial charge in [-0.3, -0.25) is 9.59 Å². The monoisotopic (exact) mass is 373 g/mol. The number of rotatable bonds is 2. The Morgan fingerprint density at radius 2 is 1.82 bits per heavy atom. The number of aromatic nitrogens is 1. The van der Waals surface area contributed by atoms with Crippen LogP contribution in [0.1, 0.15) is 29.3 Å². The van der Waals surface area contributed by atoms with E-state index in [1.807, 2.05) is 56.3 Å². The highest BCUT2D eigenvalue weighted by Gasteiger charge is 2.53. The number of nitrogens with one attached hydrogen (secondary N) is 1. The van der Waals surface area contributed by atoms with Crippen molar-refractivity contribution in [3.63, 3.8) is 0 Å². The van der Waals surface area contributed by atoms with E-state index in [-0.39, 0.29) is 18.4 Å². The number of H-pyrrole nitrogens is 1. The molecule has 5 rings (SSSR count). The van der Waals surface area contributed by atoms with E-state index in [9.17, 15) is 9.59 Å². The molecule has 0 spiro atoms. The van der Waals surface area contributed by atoms with Gasteiger partial charge in [0.1, 0.15) is 6.54 Å². The maximum Gasteiger partial charge on any atom is 0.255 e. The van der Waals surface area contributed by atoms with Crippen molar-refractivity contribution in [2.24, 2.45) is 0 Å². The number of benzene rings is 2. The van der Waals surface area contributed by atoms with Gasteiger partial charge in [-0.05, 0) is 37.5 Å². The number of piperazine rings is 1. The lowest BCUT2D eigenvalue weighted by molar-refractivity contribution is -0.166. The number of amides is 2. The molecule has 3 aromatic rings. The second-order valence-electron chi connectivity index (χ2n) is 8.04. The third-order valence-electron chi connectivity index (χ3n) is 6.25. The summed E-state index contributed by atoms with van der Waals surface area (Å²) >= 11 is 0. The fourth-order valence-electron chi connectivity index (χ4n) is 4.72. The summed E-state index contributed by atoms with van der Waals surface area (Å²) in [5.41, 5.74) is 4.28. The number of carbonyl (C=O) groups excluding carboxylic acids is 2. The fourth-order valence-corrected chi connectivity index (χ4v) is 4.72. The summed E-state index contributed by atoms with van der Waals surface area (Å²) in [6.45, 7) is 5.09. The van der Waals surface area contributed by atoms with Gasteiger partial charge >= 0.3 is 0 Å². The van der Waals surface area contributed by atoms with E-state index in [0.717, 1.165) is 34.1 Å². The molecule has 1 unspecified atom stereocenters. The van der Waals surface area contributed by atoms with Crippen molar-refractivity contribution in [3.05, 3.63) is 70.9 Å². The lowest BCUT2D eigenvalue weighted by Gasteiger charge is -2.49. The molecule has 0 bridgehead atoms. The molecule has 2 aromatic carbocycles. The highest BCUT2D eigenvalue weighted by molar-refractivity contribution is 6.00. The van der Waals surface area contributed by atoms with Crippen LogP contribution < -0.4 is 0 Å². The van der Waals surface area contributed by atoms with Gasteiger partial charge in [0.05, 0.1) is 5.69 Å². The molecule has 28 heavy (non-hydrogen) atoms. The summed E-state index contributed by atoms with van der Waals surface area (Å²) in [6.07, 6.45) is 0.770. The second-order valence-corrected chi connectivity index (χ2v) is 8.04. The molecule has 1 N–H and O–H groups in total. The third-order valence-corrected chi connectivity index (χ3v) is 6.25. The molecule has 3 heterocycles. The van der Waals surface area contributed by atoms with Gasteiger partial charge in [-0.15, -0.1) is 0 Å². The summed E-state index contributed by atoms with van der Waals surface area (Å²) in [4.78, 5) is 33.5. The molecule has 1 atom stereocenters. The number of aromatic amines is 1. The Balaban J connectivity index is 1.58. The van der Waals surface area contributed by atoms with Crippen LogP contribution in [0.4, 0.5) is 0 Å². The first-order valence-corrected chi connectivity index (χ1v) is 9.74. The first-order chi connectivity index (χ1) is 13.5. The van der Waals surface area contributed by atoms with Crippen LogP contribution in [0.25, 0.3) is 10.9 Å². The Morgan fingerprint density at radius 1 is 1.07 bits per heavy atom. The van der Waals surface area contributed by atoms with Crippen molar-refractivity contribution in [1.82, 2.24) is 14.8 Å². The van der Waals surface area contributed by atoms with E-state index in [1.165, 1.54) is 5.56 Å². The molecule has 2 amide bonds. The van der Waals surface area contributed by atoms with Crippen LogP contribution in [0.2, 0.25) is 0 Å². The van der Waals surface area contributed by atoms with Gasteiger partial charge in [0.2, 0.25) is 5.91 Å². The Hall–Kier alpha value is -3.08. The number of hydrogen-bond donors (Lipinski definition) is 1. The minimum atomic E-state index is -0.980. The number of nitrogens with zero attached hydrogens (tertiary/aromatic N) is 2. The fraction of sp³-hybridized carbons (Fsp3) is 0.304. The predicted octanol–water partition coefficient (Wildman–Crippen LogP) is 3.12. The summed E-state index contributed by atoms with van der Waals surface area (Å²) in [5, 5.41) is 1.15. The van der Waals surface area contributed by atoms with E-state index in [2.05, 4.69) is 11.1 Å². The van der Waals surface area contributed by atoms with Crippen LogP contribution in [0, 0.1) is 6.92 Å². The van der Waals surface area contributed by atoms with Crippen molar-refractivity contribution < 1.29 is 9.59 Å². The molecule has 142 valence electrons. The molecule has 1 saturated heterocycles. The summed E-state index contributed by atoms with van der Waals surface area (Å²) in [5.74, 6) is -0.00120. The molecule has 0 aliphatic carbocycles. The first-order valence-electron chi connectivity index (χ1n) is 9.74. The minimum Gasteiger partial charge on any atom is -0.356 e. The van der Waals surface area contributed by atoms with Gasteiger partial charge in [-0.1, -0.05) is 48.0 Å². The molecular weight excluding hydrogens is 350 g/mol. The zero-order chi connectivity index (χ0) is 19.5. The highest BCUT2D eigenvalue weighted by Crippen LogP contribution is 2.42. The number of para-hydroxylation sites is 1. The van der Waals surface area contributed by atoms with Crippen LogP contribution in [-0.2, 0) is 28.1 Å². The van der Waals surface area contributed by atoms with Crippen molar-refractivity contribution in [1.29, 1.82) is 0 Å². The SMILES string of the molecule is Cc1ccc(CN2CC(=O)N3CCc4c([nH]c5ccccc45)C3(C)C2=O)cc1. The van der Waals surface area contributed by atoms with Gasteiger partial charge in [0.15, 0.2) is 5.54 Å². The van der Waals surface area contributed by atoms with Gasteiger partial charge in [0, 0.05) is 24.0 Å². The lowest BCUT2D eigenvalue weighted by atomic mass is 9.83. The first kappa shape index (κ1) is 17.0. The van der Waals surface area contributed by atoms with Crippen molar-refractivity contribution in [2.75, 3.05) is 13.1 Å². The molecule has 0 radical (unpaired) electrons. The van der Waals surface area contributed by atoms with Crippen LogP contribution in [-0.4, -0.2) is 39.7 Å². The molecule has 2 aliphatic rings.